The smallest absolute Gasteiger partial charge is 0.362 e. The standard InChI is InChI=1S/C18H20ClF3N4S/c1-11-3-7-13(8-4-11)24-17(27)23-9-2-10-26-15(12-5-6-12)14(19)16(25-26)18(20,21)22/h3-4,7-8,12H,2,5-6,9-10H2,1H3,(H2,23,24,27). The van der Waals surface area contributed by atoms with E-state index in [0.29, 0.717) is 30.3 Å². The van der Waals surface area contributed by atoms with Crippen LogP contribution in [0.5, 0.6) is 0 Å². The molecule has 0 spiro atoms. The van der Waals surface area contributed by atoms with Gasteiger partial charge in [-0.1, -0.05) is 29.3 Å². The number of aryl methyl sites for hydroxylation is 2. The van der Waals surface area contributed by atoms with Crippen molar-refractivity contribution in [2.75, 3.05) is 11.9 Å². The second-order valence-electron chi connectivity index (χ2n) is 6.64. The lowest BCUT2D eigenvalue weighted by atomic mass is 10.2. The number of alkyl halides is 3. The van der Waals surface area contributed by atoms with E-state index in [4.69, 9.17) is 23.8 Å². The average molecular weight is 417 g/mol. The Bertz CT molecular complexity index is 813. The molecule has 0 unspecified atom stereocenters. The monoisotopic (exact) mass is 416 g/mol. The molecule has 0 radical (unpaired) electrons. The molecular formula is C18H20ClF3N4S. The van der Waals surface area contributed by atoms with Gasteiger partial charge in [0.1, 0.15) is 0 Å². The van der Waals surface area contributed by atoms with Crippen LogP contribution < -0.4 is 10.6 Å². The Morgan fingerprint density at radius 3 is 2.56 bits per heavy atom. The average Bonchev–Trinajstić information content (AvgIpc) is 3.36. The number of benzene rings is 1. The second kappa shape index (κ2) is 8.06. The SMILES string of the molecule is Cc1ccc(NC(=S)NCCCn2nc(C(F)(F)F)c(Cl)c2C2CC2)cc1. The maximum Gasteiger partial charge on any atom is 0.436 e. The fraction of sp³-hybridized carbons (Fsp3) is 0.444. The fourth-order valence-corrected chi connectivity index (χ4v) is 3.41. The molecule has 9 heteroatoms. The summed E-state index contributed by atoms with van der Waals surface area (Å²) in [5.41, 5.74) is 1.55. The van der Waals surface area contributed by atoms with Gasteiger partial charge in [0, 0.05) is 24.7 Å². The van der Waals surface area contributed by atoms with E-state index >= 15 is 0 Å². The van der Waals surface area contributed by atoms with E-state index in [-0.39, 0.29) is 10.9 Å². The summed E-state index contributed by atoms with van der Waals surface area (Å²) in [5, 5.41) is 10.1. The van der Waals surface area contributed by atoms with Crippen LogP contribution in [-0.4, -0.2) is 21.4 Å². The third-order valence-corrected chi connectivity index (χ3v) is 4.92. The van der Waals surface area contributed by atoms with Crippen molar-refractivity contribution in [3.05, 3.63) is 46.2 Å². The molecule has 146 valence electrons. The summed E-state index contributed by atoms with van der Waals surface area (Å²) in [6, 6.07) is 7.80. The van der Waals surface area contributed by atoms with Gasteiger partial charge in [0.15, 0.2) is 10.8 Å². The minimum absolute atomic E-state index is 0.0818. The molecule has 0 saturated heterocycles. The lowest BCUT2D eigenvalue weighted by molar-refractivity contribution is -0.141. The number of hydrogen-bond donors (Lipinski definition) is 2. The van der Waals surface area contributed by atoms with Crippen molar-refractivity contribution >= 4 is 34.6 Å². The summed E-state index contributed by atoms with van der Waals surface area (Å²) in [6.07, 6.45) is -2.26. The van der Waals surface area contributed by atoms with E-state index in [2.05, 4.69) is 15.7 Å². The molecule has 0 bridgehead atoms. The van der Waals surface area contributed by atoms with Crippen molar-refractivity contribution in [2.24, 2.45) is 0 Å². The number of nitrogens with one attached hydrogen (secondary N) is 2. The molecule has 1 heterocycles. The normalized spacial score (nSPS) is 14.3. The van der Waals surface area contributed by atoms with Gasteiger partial charge in [-0.3, -0.25) is 4.68 Å². The Labute approximate surface area is 166 Å². The van der Waals surface area contributed by atoms with E-state index in [1.54, 1.807) is 0 Å². The molecule has 1 saturated carbocycles. The topological polar surface area (TPSA) is 41.9 Å². The highest BCUT2D eigenvalue weighted by Gasteiger charge is 2.41. The van der Waals surface area contributed by atoms with Crippen molar-refractivity contribution in [1.29, 1.82) is 0 Å². The molecule has 0 atom stereocenters. The van der Waals surface area contributed by atoms with Crippen molar-refractivity contribution in [3.63, 3.8) is 0 Å². The highest BCUT2D eigenvalue weighted by atomic mass is 35.5. The summed E-state index contributed by atoms with van der Waals surface area (Å²) in [4.78, 5) is 0. The van der Waals surface area contributed by atoms with E-state index < -0.39 is 11.9 Å². The number of hydrogen-bond acceptors (Lipinski definition) is 2. The molecule has 1 aromatic carbocycles. The largest absolute Gasteiger partial charge is 0.436 e. The molecular weight excluding hydrogens is 397 g/mol. The van der Waals surface area contributed by atoms with Gasteiger partial charge in [0.2, 0.25) is 0 Å². The van der Waals surface area contributed by atoms with E-state index in [1.807, 2.05) is 31.2 Å². The Morgan fingerprint density at radius 1 is 1.30 bits per heavy atom. The van der Waals surface area contributed by atoms with Gasteiger partial charge in [-0.25, -0.2) is 0 Å². The fourth-order valence-electron chi connectivity index (χ4n) is 2.79. The minimum atomic E-state index is -4.54. The quantitative estimate of drug-likeness (QED) is 0.506. The van der Waals surface area contributed by atoms with Gasteiger partial charge in [0.05, 0.1) is 10.7 Å². The zero-order chi connectivity index (χ0) is 19.6. The van der Waals surface area contributed by atoms with Gasteiger partial charge < -0.3 is 10.6 Å². The van der Waals surface area contributed by atoms with Crippen LogP contribution in [0.25, 0.3) is 0 Å². The molecule has 3 rings (SSSR count). The maximum atomic E-state index is 13.1. The van der Waals surface area contributed by atoms with Crippen molar-refractivity contribution in [3.8, 4) is 0 Å². The number of halogens is 4. The predicted molar refractivity (Wildman–Crippen MR) is 104 cm³/mol. The van der Waals surface area contributed by atoms with Crippen LogP contribution in [0.4, 0.5) is 18.9 Å². The Morgan fingerprint density at radius 2 is 1.96 bits per heavy atom. The summed E-state index contributed by atoms with van der Waals surface area (Å²) in [6.45, 7) is 2.87. The molecule has 2 aromatic rings. The van der Waals surface area contributed by atoms with Crippen molar-refractivity contribution in [1.82, 2.24) is 15.1 Å². The molecule has 4 nitrogen and oxygen atoms in total. The molecule has 1 aromatic heterocycles. The zero-order valence-corrected chi connectivity index (χ0v) is 16.3. The lowest BCUT2D eigenvalue weighted by Crippen LogP contribution is -2.29. The molecule has 27 heavy (non-hydrogen) atoms. The molecule has 1 aliphatic carbocycles. The molecule has 0 amide bonds. The Balaban J connectivity index is 1.53. The molecule has 1 aliphatic rings. The lowest BCUT2D eigenvalue weighted by Gasteiger charge is -2.11. The summed E-state index contributed by atoms with van der Waals surface area (Å²) < 4.78 is 40.6. The van der Waals surface area contributed by atoms with E-state index in [9.17, 15) is 13.2 Å². The third-order valence-electron chi connectivity index (χ3n) is 4.31. The first-order valence-corrected chi connectivity index (χ1v) is 9.49. The molecule has 0 aliphatic heterocycles. The van der Waals surface area contributed by atoms with Crippen LogP contribution in [0.2, 0.25) is 5.02 Å². The first-order valence-electron chi connectivity index (χ1n) is 8.70. The van der Waals surface area contributed by atoms with Crippen LogP contribution in [0.1, 0.15) is 42.1 Å². The van der Waals surface area contributed by atoms with Crippen LogP contribution in [0.3, 0.4) is 0 Å². The zero-order valence-electron chi connectivity index (χ0n) is 14.7. The predicted octanol–water partition coefficient (Wildman–Crippen LogP) is 5.12. The van der Waals surface area contributed by atoms with Crippen LogP contribution in [-0.2, 0) is 12.7 Å². The van der Waals surface area contributed by atoms with Gasteiger partial charge in [0.25, 0.3) is 0 Å². The number of nitrogens with zero attached hydrogens (tertiary/aromatic N) is 2. The minimum Gasteiger partial charge on any atom is -0.362 e. The van der Waals surface area contributed by atoms with Crippen molar-refractivity contribution in [2.45, 2.75) is 44.8 Å². The highest BCUT2D eigenvalue weighted by Crippen LogP contribution is 2.46. The summed E-state index contributed by atoms with van der Waals surface area (Å²) >= 11 is 11.2. The summed E-state index contributed by atoms with van der Waals surface area (Å²) in [7, 11) is 0. The second-order valence-corrected chi connectivity index (χ2v) is 7.43. The number of aromatic nitrogens is 2. The van der Waals surface area contributed by atoms with Crippen LogP contribution in [0.15, 0.2) is 24.3 Å². The first kappa shape index (κ1) is 19.9. The van der Waals surface area contributed by atoms with Gasteiger partial charge in [-0.2, -0.15) is 18.3 Å². The van der Waals surface area contributed by atoms with Crippen LogP contribution in [0, 0.1) is 6.92 Å². The van der Waals surface area contributed by atoms with Gasteiger partial charge >= 0.3 is 6.18 Å². The van der Waals surface area contributed by atoms with E-state index in [1.165, 1.54) is 4.68 Å². The third kappa shape index (κ3) is 5.13. The maximum absolute atomic E-state index is 13.1. The summed E-state index contributed by atoms with van der Waals surface area (Å²) in [5.74, 6) is 0.0818. The Kier molecular flexibility index (Phi) is 5.95. The van der Waals surface area contributed by atoms with Crippen LogP contribution >= 0.6 is 23.8 Å². The Hall–Kier alpha value is -1.80. The van der Waals surface area contributed by atoms with Crippen molar-refractivity contribution < 1.29 is 13.2 Å². The first-order chi connectivity index (χ1) is 12.8. The van der Waals surface area contributed by atoms with Gasteiger partial charge in [-0.05, 0) is 50.5 Å². The number of thiocarbonyl (C=S) groups is 1. The van der Waals surface area contributed by atoms with Gasteiger partial charge in [-0.15, -0.1) is 0 Å². The highest BCUT2D eigenvalue weighted by molar-refractivity contribution is 7.80. The van der Waals surface area contributed by atoms with E-state index in [0.717, 1.165) is 24.1 Å². The number of rotatable bonds is 6. The molecule has 2 N–H and O–H groups in total. The molecule has 1 fully saturated rings. The number of anilines is 1.